The summed E-state index contributed by atoms with van der Waals surface area (Å²) >= 11 is 0. The number of rotatable bonds is 6. The van der Waals surface area contributed by atoms with Crippen molar-refractivity contribution in [2.75, 3.05) is 13.2 Å². The second kappa shape index (κ2) is 7.42. The topological polar surface area (TPSA) is 78.4 Å². The molecule has 0 aromatic carbocycles. The van der Waals surface area contributed by atoms with Crippen LogP contribution in [-0.2, 0) is 9.59 Å². The second-order valence-corrected chi connectivity index (χ2v) is 3.00. The number of carbonyl (C=O) groups is 2. The van der Waals surface area contributed by atoms with Crippen molar-refractivity contribution in [2.24, 2.45) is 0 Å². The molecule has 0 aliphatic rings. The molecule has 3 N–H and O–H groups in total. The predicted molar refractivity (Wildman–Crippen MR) is 61.3 cm³/mol. The molecule has 5 heteroatoms. The minimum absolute atomic E-state index is 0.0599. The third-order valence-electron chi connectivity index (χ3n) is 1.66. The fourth-order valence-electron chi connectivity index (χ4n) is 0.821. The van der Waals surface area contributed by atoms with E-state index >= 15 is 0 Å². The summed E-state index contributed by atoms with van der Waals surface area (Å²) in [6.45, 7) is 8.41. The number of aliphatic hydroxyl groups is 1. The first kappa shape index (κ1) is 14.1. The third-order valence-corrected chi connectivity index (χ3v) is 1.66. The van der Waals surface area contributed by atoms with Gasteiger partial charge in [0.15, 0.2) is 0 Å². The zero-order valence-corrected chi connectivity index (χ0v) is 9.25. The van der Waals surface area contributed by atoms with E-state index in [9.17, 15) is 9.59 Å². The first-order valence-electron chi connectivity index (χ1n) is 4.71. The fourth-order valence-corrected chi connectivity index (χ4v) is 0.821. The van der Waals surface area contributed by atoms with Crippen molar-refractivity contribution in [1.29, 1.82) is 0 Å². The summed E-state index contributed by atoms with van der Waals surface area (Å²) in [5, 5.41) is 13.2. The van der Waals surface area contributed by atoms with Gasteiger partial charge in [-0.25, -0.2) is 0 Å². The fraction of sp³-hybridized carbons (Fsp3) is 0.273. The average molecular weight is 224 g/mol. The van der Waals surface area contributed by atoms with Crippen LogP contribution in [0.2, 0.25) is 0 Å². The minimum atomic E-state index is -0.520. The predicted octanol–water partition coefficient (Wildman–Crippen LogP) is -0.143. The Bertz CT molecular complexity index is 332. The van der Waals surface area contributed by atoms with Crippen molar-refractivity contribution in [3.63, 3.8) is 0 Å². The number of hydrogen-bond acceptors (Lipinski definition) is 3. The molecule has 0 aliphatic carbocycles. The Morgan fingerprint density at radius 2 is 2.00 bits per heavy atom. The highest BCUT2D eigenvalue weighted by Gasteiger charge is 2.10. The van der Waals surface area contributed by atoms with E-state index in [1.807, 2.05) is 0 Å². The largest absolute Gasteiger partial charge is 0.395 e. The van der Waals surface area contributed by atoms with E-state index < -0.39 is 11.8 Å². The first-order chi connectivity index (χ1) is 7.52. The van der Waals surface area contributed by atoms with Crippen LogP contribution in [0.25, 0.3) is 0 Å². The van der Waals surface area contributed by atoms with Gasteiger partial charge in [-0.3, -0.25) is 9.59 Å². The maximum Gasteiger partial charge on any atom is 0.267 e. The van der Waals surface area contributed by atoms with Gasteiger partial charge < -0.3 is 15.7 Å². The van der Waals surface area contributed by atoms with Gasteiger partial charge in [0.2, 0.25) is 0 Å². The van der Waals surface area contributed by atoms with Crippen molar-refractivity contribution in [3.8, 4) is 0 Å². The van der Waals surface area contributed by atoms with Gasteiger partial charge in [-0.15, -0.1) is 0 Å². The van der Waals surface area contributed by atoms with Crippen molar-refractivity contribution in [2.45, 2.75) is 6.92 Å². The summed E-state index contributed by atoms with van der Waals surface area (Å²) in [5.41, 5.74) is 0.362. The molecule has 0 spiro atoms. The molecule has 0 fully saturated rings. The maximum atomic E-state index is 11.4. The Hall–Kier alpha value is -1.88. The van der Waals surface area contributed by atoms with Crippen LogP contribution in [0.4, 0.5) is 0 Å². The van der Waals surface area contributed by atoms with E-state index in [0.29, 0.717) is 5.57 Å². The molecule has 0 aliphatic heterocycles. The van der Waals surface area contributed by atoms with E-state index in [2.05, 4.69) is 23.8 Å². The molecule has 0 radical (unpaired) electrons. The molecule has 88 valence electrons. The van der Waals surface area contributed by atoms with Gasteiger partial charge in [0, 0.05) is 12.1 Å². The SMILES string of the molecule is C=C/C=C(\C)C(=O)NC(=C)C(=O)NCCO. The summed E-state index contributed by atoms with van der Waals surface area (Å²) in [5.74, 6) is -0.933. The van der Waals surface area contributed by atoms with Crippen LogP contribution in [0.5, 0.6) is 0 Å². The molecule has 0 rings (SSSR count). The van der Waals surface area contributed by atoms with Gasteiger partial charge >= 0.3 is 0 Å². The molecule has 0 aromatic heterocycles. The number of nitrogens with one attached hydrogen (secondary N) is 2. The van der Waals surface area contributed by atoms with Crippen molar-refractivity contribution >= 4 is 11.8 Å². The summed E-state index contributed by atoms with van der Waals surface area (Å²) in [7, 11) is 0. The van der Waals surface area contributed by atoms with Gasteiger partial charge in [0.25, 0.3) is 11.8 Å². The monoisotopic (exact) mass is 224 g/mol. The minimum Gasteiger partial charge on any atom is -0.395 e. The number of carbonyl (C=O) groups excluding carboxylic acids is 2. The van der Waals surface area contributed by atoms with Crippen molar-refractivity contribution < 1.29 is 14.7 Å². The number of amides is 2. The van der Waals surface area contributed by atoms with E-state index in [-0.39, 0.29) is 18.8 Å². The Morgan fingerprint density at radius 3 is 2.50 bits per heavy atom. The standard InChI is InChI=1S/C11H16N2O3/c1-4-5-8(2)10(15)13-9(3)11(16)12-6-7-14/h4-5,14H,1,3,6-7H2,2H3,(H,12,16)(H,13,15)/b8-5+. The van der Waals surface area contributed by atoms with Gasteiger partial charge in [-0.1, -0.05) is 25.3 Å². The highest BCUT2D eigenvalue weighted by molar-refractivity contribution is 6.01. The van der Waals surface area contributed by atoms with Crippen LogP contribution in [-0.4, -0.2) is 30.1 Å². The van der Waals surface area contributed by atoms with E-state index in [4.69, 9.17) is 5.11 Å². The number of hydrogen-bond donors (Lipinski definition) is 3. The molecule has 5 nitrogen and oxygen atoms in total. The Balaban J connectivity index is 4.24. The molecule has 0 saturated carbocycles. The number of allylic oxidation sites excluding steroid dienone is 2. The lowest BCUT2D eigenvalue weighted by Crippen LogP contribution is -2.35. The first-order valence-corrected chi connectivity index (χ1v) is 4.71. The van der Waals surface area contributed by atoms with Crippen LogP contribution in [0.3, 0.4) is 0 Å². The Kier molecular flexibility index (Phi) is 6.55. The van der Waals surface area contributed by atoms with Crippen LogP contribution in [0.15, 0.2) is 36.6 Å². The quantitative estimate of drug-likeness (QED) is 0.434. The molecule has 0 bridgehead atoms. The molecule has 0 aromatic rings. The van der Waals surface area contributed by atoms with E-state index in [1.165, 1.54) is 12.2 Å². The lowest BCUT2D eigenvalue weighted by molar-refractivity contribution is -0.121. The van der Waals surface area contributed by atoms with Crippen LogP contribution in [0, 0.1) is 0 Å². The van der Waals surface area contributed by atoms with Crippen LogP contribution in [0.1, 0.15) is 6.92 Å². The van der Waals surface area contributed by atoms with Crippen LogP contribution >= 0.6 is 0 Å². The highest BCUT2D eigenvalue weighted by Crippen LogP contribution is 1.95. The normalized spacial score (nSPS) is 10.5. The van der Waals surface area contributed by atoms with Gasteiger partial charge in [-0.2, -0.15) is 0 Å². The van der Waals surface area contributed by atoms with E-state index in [0.717, 1.165) is 0 Å². The number of aliphatic hydroxyl groups excluding tert-OH is 1. The van der Waals surface area contributed by atoms with Gasteiger partial charge in [-0.05, 0) is 6.92 Å². The lowest BCUT2D eigenvalue weighted by atomic mass is 10.2. The Labute approximate surface area is 94.5 Å². The molecule has 2 amide bonds. The zero-order chi connectivity index (χ0) is 12.6. The summed E-state index contributed by atoms with van der Waals surface area (Å²) in [4.78, 5) is 22.6. The van der Waals surface area contributed by atoms with Crippen molar-refractivity contribution in [1.82, 2.24) is 10.6 Å². The molecule has 16 heavy (non-hydrogen) atoms. The molecular weight excluding hydrogens is 208 g/mol. The summed E-state index contributed by atoms with van der Waals surface area (Å²) < 4.78 is 0. The zero-order valence-electron chi connectivity index (χ0n) is 9.25. The highest BCUT2D eigenvalue weighted by atomic mass is 16.3. The molecule has 0 saturated heterocycles. The summed E-state index contributed by atoms with van der Waals surface area (Å²) in [6.07, 6.45) is 3.00. The maximum absolute atomic E-state index is 11.4. The van der Waals surface area contributed by atoms with Gasteiger partial charge in [0.05, 0.1) is 12.3 Å². The Morgan fingerprint density at radius 1 is 1.38 bits per heavy atom. The second-order valence-electron chi connectivity index (χ2n) is 3.00. The van der Waals surface area contributed by atoms with Crippen LogP contribution < -0.4 is 10.6 Å². The summed E-state index contributed by atoms with van der Waals surface area (Å²) in [6, 6.07) is 0. The van der Waals surface area contributed by atoms with E-state index in [1.54, 1.807) is 6.92 Å². The molecular formula is C11H16N2O3. The third kappa shape index (κ3) is 5.11. The smallest absolute Gasteiger partial charge is 0.267 e. The molecule has 0 heterocycles. The van der Waals surface area contributed by atoms with Gasteiger partial charge in [0.1, 0.15) is 0 Å². The lowest BCUT2D eigenvalue weighted by Gasteiger charge is -2.08. The van der Waals surface area contributed by atoms with Crippen molar-refractivity contribution in [3.05, 3.63) is 36.6 Å². The molecule has 0 atom stereocenters. The molecule has 0 unspecified atom stereocenters. The average Bonchev–Trinajstić information content (AvgIpc) is 2.25.